The van der Waals surface area contributed by atoms with Gasteiger partial charge in [-0.15, -0.1) is 0 Å². The van der Waals surface area contributed by atoms with Crippen LogP contribution in [0.5, 0.6) is 5.75 Å². The third-order valence-corrected chi connectivity index (χ3v) is 4.30. The van der Waals surface area contributed by atoms with Crippen LogP contribution in [0.1, 0.15) is 28.8 Å². The van der Waals surface area contributed by atoms with Gasteiger partial charge in [0.05, 0.1) is 11.3 Å². The fraction of sp³-hybridized carbons (Fsp3) is 0.238. The molecule has 0 aliphatic heterocycles. The highest BCUT2D eigenvalue weighted by molar-refractivity contribution is 5.67. The van der Waals surface area contributed by atoms with Crippen molar-refractivity contribution in [3.63, 3.8) is 0 Å². The van der Waals surface area contributed by atoms with Crippen molar-refractivity contribution in [1.29, 1.82) is 0 Å². The van der Waals surface area contributed by atoms with Gasteiger partial charge >= 0.3 is 5.97 Å². The summed E-state index contributed by atoms with van der Waals surface area (Å²) in [6, 6.07) is 12.6. The smallest absolute Gasteiger partial charge is 0.303 e. The Morgan fingerprint density at radius 2 is 1.96 bits per heavy atom. The predicted molar refractivity (Wildman–Crippen MR) is 98.1 cm³/mol. The molecule has 6 heteroatoms. The van der Waals surface area contributed by atoms with Crippen molar-refractivity contribution in [2.45, 2.75) is 33.3 Å². The molecule has 0 spiro atoms. The molecule has 3 aromatic rings. The molecule has 0 aliphatic rings. The number of nitrogens with zero attached hydrogens (tertiary/aromatic N) is 1. The van der Waals surface area contributed by atoms with E-state index >= 15 is 0 Å². The van der Waals surface area contributed by atoms with Gasteiger partial charge in [-0.25, -0.2) is 4.39 Å². The van der Waals surface area contributed by atoms with Gasteiger partial charge in [-0.3, -0.25) is 4.79 Å². The van der Waals surface area contributed by atoms with Crippen molar-refractivity contribution in [2.75, 3.05) is 0 Å². The van der Waals surface area contributed by atoms with Crippen LogP contribution < -0.4 is 4.74 Å². The summed E-state index contributed by atoms with van der Waals surface area (Å²) in [6.07, 6.45) is 0.232. The van der Waals surface area contributed by atoms with Gasteiger partial charge in [0, 0.05) is 12.0 Å². The summed E-state index contributed by atoms with van der Waals surface area (Å²) in [5.74, 6) is -0.673. The molecule has 0 saturated carbocycles. The molecular formula is C21H20FNO4. The Kier molecular flexibility index (Phi) is 5.54. The van der Waals surface area contributed by atoms with Gasteiger partial charge in [-0.05, 0) is 37.5 Å². The highest BCUT2D eigenvalue weighted by Gasteiger charge is 2.17. The molecule has 2 aromatic carbocycles. The fourth-order valence-electron chi connectivity index (χ4n) is 2.90. The van der Waals surface area contributed by atoms with Crippen LogP contribution in [0, 0.1) is 19.7 Å². The molecule has 0 amide bonds. The topological polar surface area (TPSA) is 72.6 Å². The third kappa shape index (κ3) is 4.34. The van der Waals surface area contributed by atoms with Gasteiger partial charge in [0.1, 0.15) is 6.61 Å². The summed E-state index contributed by atoms with van der Waals surface area (Å²) in [4.78, 5) is 10.7. The van der Waals surface area contributed by atoms with Crippen LogP contribution in [0.2, 0.25) is 0 Å². The van der Waals surface area contributed by atoms with Crippen molar-refractivity contribution in [1.82, 2.24) is 5.16 Å². The van der Waals surface area contributed by atoms with Crippen molar-refractivity contribution >= 4 is 5.97 Å². The lowest BCUT2D eigenvalue weighted by atomic mass is 10.1. The number of carbonyl (C=O) groups is 1. The molecule has 5 nitrogen and oxygen atoms in total. The zero-order valence-electron chi connectivity index (χ0n) is 15.2. The van der Waals surface area contributed by atoms with Crippen LogP contribution in [0.4, 0.5) is 4.39 Å². The van der Waals surface area contributed by atoms with E-state index in [9.17, 15) is 9.18 Å². The molecule has 1 heterocycles. The second kappa shape index (κ2) is 8.03. The zero-order chi connectivity index (χ0) is 19.4. The molecule has 1 N–H and O–H groups in total. The quantitative estimate of drug-likeness (QED) is 0.654. The Hall–Kier alpha value is -3.15. The summed E-state index contributed by atoms with van der Waals surface area (Å²) >= 11 is 0. The van der Waals surface area contributed by atoms with E-state index in [1.807, 2.05) is 37.3 Å². The molecular weight excluding hydrogens is 349 g/mol. The third-order valence-electron chi connectivity index (χ3n) is 4.30. The number of hydrogen-bond donors (Lipinski definition) is 1. The van der Waals surface area contributed by atoms with Gasteiger partial charge < -0.3 is 14.4 Å². The highest BCUT2D eigenvalue weighted by atomic mass is 19.1. The molecule has 0 aliphatic carbocycles. The monoisotopic (exact) mass is 369 g/mol. The van der Waals surface area contributed by atoms with E-state index in [2.05, 4.69) is 5.16 Å². The maximum Gasteiger partial charge on any atom is 0.303 e. The lowest BCUT2D eigenvalue weighted by molar-refractivity contribution is -0.136. The number of aliphatic carboxylic acids is 1. The van der Waals surface area contributed by atoms with Crippen molar-refractivity contribution in [2.24, 2.45) is 0 Å². The molecule has 0 bridgehead atoms. The summed E-state index contributed by atoms with van der Waals surface area (Å²) < 4.78 is 25.6. The van der Waals surface area contributed by atoms with Crippen LogP contribution in [-0.4, -0.2) is 16.2 Å². The Morgan fingerprint density at radius 3 is 2.63 bits per heavy atom. The second-order valence-corrected chi connectivity index (χ2v) is 6.35. The van der Waals surface area contributed by atoms with Crippen molar-refractivity contribution in [3.8, 4) is 17.1 Å². The van der Waals surface area contributed by atoms with E-state index in [-0.39, 0.29) is 25.2 Å². The Bertz CT molecular complexity index is 927. The molecule has 0 fully saturated rings. The fourth-order valence-corrected chi connectivity index (χ4v) is 2.90. The van der Waals surface area contributed by atoms with E-state index in [4.69, 9.17) is 14.4 Å². The number of carboxylic acid groups (broad SMARTS) is 1. The van der Waals surface area contributed by atoms with E-state index in [1.54, 1.807) is 13.0 Å². The maximum atomic E-state index is 14.5. The molecule has 0 radical (unpaired) electrons. The number of aryl methyl sites for hydroxylation is 3. The number of aromatic nitrogens is 1. The van der Waals surface area contributed by atoms with E-state index < -0.39 is 11.8 Å². The number of carboxylic acids is 1. The molecule has 3 rings (SSSR count). The Morgan fingerprint density at radius 1 is 1.22 bits per heavy atom. The van der Waals surface area contributed by atoms with Crippen LogP contribution >= 0.6 is 0 Å². The second-order valence-electron chi connectivity index (χ2n) is 6.35. The first-order chi connectivity index (χ1) is 13.0. The molecule has 0 saturated heterocycles. The number of ether oxygens (including phenoxy) is 1. The summed E-state index contributed by atoms with van der Waals surface area (Å²) in [7, 11) is 0. The lowest BCUT2D eigenvalue weighted by Gasteiger charge is -2.12. The number of hydrogen-bond acceptors (Lipinski definition) is 4. The van der Waals surface area contributed by atoms with E-state index in [0.29, 0.717) is 22.6 Å². The first-order valence-corrected chi connectivity index (χ1v) is 8.60. The van der Waals surface area contributed by atoms with E-state index in [0.717, 1.165) is 11.1 Å². The average molecular weight is 369 g/mol. The van der Waals surface area contributed by atoms with Gasteiger partial charge in [0.15, 0.2) is 17.3 Å². The Balaban J connectivity index is 1.80. The molecule has 1 aromatic heterocycles. The standard InChI is InChI=1S/C21H20FNO4/c1-13-10-15(8-9-19(24)25)11-18(22)20(13)26-12-17-14(2)23-27-21(17)16-6-4-3-5-7-16/h3-7,10-11H,8-9,12H2,1-2H3,(H,24,25). The average Bonchev–Trinajstić information content (AvgIpc) is 3.01. The van der Waals surface area contributed by atoms with E-state index in [1.165, 1.54) is 6.07 Å². The normalized spacial score (nSPS) is 10.8. The van der Waals surface area contributed by atoms with Gasteiger partial charge in [0.2, 0.25) is 0 Å². The first-order valence-electron chi connectivity index (χ1n) is 8.60. The zero-order valence-corrected chi connectivity index (χ0v) is 15.2. The van der Waals surface area contributed by atoms with Crippen LogP contribution in [-0.2, 0) is 17.8 Å². The van der Waals surface area contributed by atoms with Crippen LogP contribution in [0.3, 0.4) is 0 Å². The van der Waals surface area contributed by atoms with Crippen molar-refractivity contribution < 1.29 is 23.6 Å². The minimum absolute atomic E-state index is 0.0423. The summed E-state index contributed by atoms with van der Waals surface area (Å²) in [6.45, 7) is 3.67. The van der Waals surface area contributed by atoms with Crippen molar-refractivity contribution in [3.05, 3.63) is 70.7 Å². The molecule has 27 heavy (non-hydrogen) atoms. The highest BCUT2D eigenvalue weighted by Crippen LogP contribution is 2.30. The lowest BCUT2D eigenvalue weighted by Crippen LogP contribution is -2.03. The molecule has 0 unspecified atom stereocenters. The maximum absolute atomic E-state index is 14.5. The SMILES string of the molecule is Cc1cc(CCC(=O)O)cc(F)c1OCc1c(C)noc1-c1ccccc1. The number of halogens is 1. The van der Waals surface area contributed by atoms with Gasteiger partial charge in [-0.1, -0.05) is 41.6 Å². The first kappa shape index (κ1) is 18.6. The number of benzene rings is 2. The predicted octanol–water partition coefficient (Wildman–Crippen LogP) is 4.69. The van der Waals surface area contributed by atoms with Crippen LogP contribution in [0.25, 0.3) is 11.3 Å². The number of rotatable bonds is 7. The largest absolute Gasteiger partial charge is 0.485 e. The van der Waals surface area contributed by atoms with Gasteiger partial charge in [0.25, 0.3) is 0 Å². The van der Waals surface area contributed by atoms with Gasteiger partial charge in [-0.2, -0.15) is 0 Å². The summed E-state index contributed by atoms with van der Waals surface area (Å²) in [5.41, 5.74) is 3.56. The summed E-state index contributed by atoms with van der Waals surface area (Å²) in [5, 5.41) is 12.8. The molecule has 140 valence electrons. The Labute approximate surface area is 156 Å². The minimum atomic E-state index is -0.912. The minimum Gasteiger partial charge on any atom is -0.485 e. The van der Waals surface area contributed by atoms with Crippen LogP contribution in [0.15, 0.2) is 47.0 Å². The molecule has 0 atom stereocenters.